The Hall–Kier alpha value is -0.730. The highest BCUT2D eigenvalue weighted by Crippen LogP contribution is 2.25. The molecular formula is C12H17ClO2. The van der Waals surface area contributed by atoms with Crippen molar-refractivity contribution in [2.45, 2.75) is 32.8 Å². The zero-order valence-corrected chi connectivity index (χ0v) is 9.76. The minimum absolute atomic E-state index is 0.00976. The van der Waals surface area contributed by atoms with Gasteiger partial charge in [0.05, 0.1) is 18.2 Å². The number of hydrogen-bond donors (Lipinski definition) is 1. The molecule has 0 spiro atoms. The Morgan fingerprint density at radius 1 is 1.33 bits per heavy atom. The molecule has 0 aliphatic rings. The van der Waals surface area contributed by atoms with Crippen molar-refractivity contribution in [2.24, 2.45) is 0 Å². The first-order valence-electron chi connectivity index (χ1n) is 5.30. The molecule has 0 fully saturated rings. The topological polar surface area (TPSA) is 29.5 Å². The van der Waals surface area contributed by atoms with E-state index in [0.717, 1.165) is 12.0 Å². The largest absolute Gasteiger partial charge is 0.492 e. The molecule has 0 aliphatic heterocycles. The van der Waals surface area contributed by atoms with E-state index in [2.05, 4.69) is 6.92 Å². The van der Waals surface area contributed by atoms with Crippen molar-refractivity contribution in [3.05, 3.63) is 28.8 Å². The van der Waals surface area contributed by atoms with Gasteiger partial charge in [-0.2, -0.15) is 0 Å². The van der Waals surface area contributed by atoms with Gasteiger partial charge >= 0.3 is 0 Å². The van der Waals surface area contributed by atoms with Crippen molar-refractivity contribution in [1.82, 2.24) is 0 Å². The lowest BCUT2D eigenvalue weighted by atomic mass is 10.2. The Kier molecular flexibility index (Phi) is 5.51. The minimum atomic E-state index is 0.00976. The molecule has 1 N–H and O–H groups in total. The molecule has 0 saturated carbocycles. The third-order valence-corrected chi connectivity index (χ3v) is 2.48. The first kappa shape index (κ1) is 12.3. The second kappa shape index (κ2) is 6.70. The summed E-state index contributed by atoms with van der Waals surface area (Å²) < 4.78 is 5.52. The lowest BCUT2D eigenvalue weighted by molar-refractivity contribution is 0.281. The van der Waals surface area contributed by atoms with Crippen molar-refractivity contribution < 1.29 is 9.84 Å². The summed E-state index contributed by atoms with van der Waals surface area (Å²) >= 11 is 5.98. The van der Waals surface area contributed by atoms with Crippen LogP contribution in [0.15, 0.2) is 18.2 Å². The van der Waals surface area contributed by atoms with Gasteiger partial charge in [0.15, 0.2) is 0 Å². The molecule has 2 nitrogen and oxygen atoms in total. The Bertz CT molecular complexity index is 300. The van der Waals surface area contributed by atoms with E-state index in [-0.39, 0.29) is 6.61 Å². The minimum Gasteiger partial charge on any atom is -0.492 e. The van der Waals surface area contributed by atoms with Crippen molar-refractivity contribution in [3.63, 3.8) is 0 Å². The van der Waals surface area contributed by atoms with Crippen LogP contribution in [0.3, 0.4) is 0 Å². The summed E-state index contributed by atoms with van der Waals surface area (Å²) in [4.78, 5) is 0. The number of aliphatic hydroxyl groups excluding tert-OH is 1. The van der Waals surface area contributed by atoms with Gasteiger partial charge in [0, 0.05) is 0 Å². The third-order valence-electron chi connectivity index (χ3n) is 2.18. The molecule has 0 heterocycles. The van der Waals surface area contributed by atoms with Crippen LogP contribution in [-0.2, 0) is 6.61 Å². The highest BCUT2D eigenvalue weighted by Gasteiger charge is 2.02. The average Bonchev–Trinajstić information content (AvgIpc) is 2.26. The summed E-state index contributed by atoms with van der Waals surface area (Å²) in [5.74, 6) is 0.699. The van der Waals surface area contributed by atoms with Gasteiger partial charge in [0.1, 0.15) is 5.75 Å². The van der Waals surface area contributed by atoms with Crippen LogP contribution < -0.4 is 4.74 Å². The van der Waals surface area contributed by atoms with Crippen LogP contribution in [-0.4, -0.2) is 11.7 Å². The quantitative estimate of drug-likeness (QED) is 0.757. The molecule has 1 rings (SSSR count). The Morgan fingerprint density at radius 2 is 2.13 bits per heavy atom. The molecule has 1 aromatic rings. The Morgan fingerprint density at radius 3 is 2.73 bits per heavy atom. The van der Waals surface area contributed by atoms with Crippen LogP contribution in [0.2, 0.25) is 5.02 Å². The number of aliphatic hydroxyl groups is 1. The number of ether oxygens (including phenoxy) is 1. The van der Waals surface area contributed by atoms with Crippen LogP contribution >= 0.6 is 11.6 Å². The summed E-state index contributed by atoms with van der Waals surface area (Å²) in [6.07, 6.45) is 3.40. The van der Waals surface area contributed by atoms with Gasteiger partial charge in [0.2, 0.25) is 0 Å². The maximum Gasteiger partial charge on any atom is 0.137 e. The summed E-state index contributed by atoms with van der Waals surface area (Å²) in [6, 6.07) is 5.36. The fourth-order valence-corrected chi connectivity index (χ4v) is 1.55. The normalized spacial score (nSPS) is 10.3. The standard InChI is InChI=1S/C12H17ClO2/c1-2-3-4-7-15-12-6-5-10(9-14)8-11(12)13/h5-6,8,14H,2-4,7,9H2,1H3. The first-order valence-corrected chi connectivity index (χ1v) is 5.67. The van der Waals surface area contributed by atoms with Crippen LogP contribution in [0.4, 0.5) is 0 Å². The summed E-state index contributed by atoms with van der Waals surface area (Å²) in [5.41, 5.74) is 0.806. The molecule has 0 aromatic heterocycles. The van der Waals surface area contributed by atoms with Crippen molar-refractivity contribution in [1.29, 1.82) is 0 Å². The SMILES string of the molecule is CCCCCOc1ccc(CO)cc1Cl. The van der Waals surface area contributed by atoms with E-state index in [1.165, 1.54) is 12.8 Å². The van der Waals surface area contributed by atoms with Gasteiger partial charge in [-0.05, 0) is 24.1 Å². The predicted octanol–water partition coefficient (Wildman–Crippen LogP) is 3.40. The molecule has 0 radical (unpaired) electrons. The number of unbranched alkanes of at least 4 members (excludes halogenated alkanes) is 2. The number of hydrogen-bond acceptors (Lipinski definition) is 2. The molecular weight excluding hydrogens is 212 g/mol. The van der Waals surface area contributed by atoms with E-state index in [0.29, 0.717) is 17.4 Å². The van der Waals surface area contributed by atoms with E-state index >= 15 is 0 Å². The smallest absolute Gasteiger partial charge is 0.137 e. The zero-order chi connectivity index (χ0) is 11.1. The third kappa shape index (κ3) is 4.10. The van der Waals surface area contributed by atoms with Gasteiger partial charge in [-0.3, -0.25) is 0 Å². The Balaban J connectivity index is 2.47. The number of rotatable bonds is 6. The molecule has 0 saturated heterocycles. The lowest BCUT2D eigenvalue weighted by Crippen LogP contribution is -1.98. The molecule has 1 aromatic carbocycles. The average molecular weight is 229 g/mol. The van der Waals surface area contributed by atoms with Crippen LogP contribution in [0.25, 0.3) is 0 Å². The molecule has 15 heavy (non-hydrogen) atoms. The first-order chi connectivity index (χ1) is 7.27. The summed E-state index contributed by atoms with van der Waals surface area (Å²) in [5, 5.41) is 9.47. The molecule has 0 atom stereocenters. The lowest BCUT2D eigenvalue weighted by Gasteiger charge is -2.08. The maximum atomic E-state index is 8.90. The molecule has 0 aliphatic carbocycles. The zero-order valence-electron chi connectivity index (χ0n) is 9.00. The van der Waals surface area contributed by atoms with Crippen LogP contribution in [0, 0.1) is 0 Å². The molecule has 84 valence electrons. The molecule has 3 heteroatoms. The van der Waals surface area contributed by atoms with E-state index in [1.807, 2.05) is 6.07 Å². The van der Waals surface area contributed by atoms with Gasteiger partial charge in [0.25, 0.3) is 0 Å². The van der Waals surface area contributed by atoms with Gasteiger partial charge in [-0.1, -0.05) is 37.4 Å². The van der Waals surface area contributed by atoms with E-state index in [1.54, 1.807) is 12.1 Å². The highest BCUT2D eigenvalue weighted by atomic mass is 35.5. The molecule has 0 bridgehead atoms. The van der Waals surface area contributed by atoms with Gasteiger partial charge < -0.3 is 9.84 Å². The summed E-state index contributed by atoms with van der Waals surface area (Å²) in [6.45, 7) is 2.87. The second-order valence-corrected chi connectivity index (χ2v) is 3.89. The fraction of sp³-hybridized carbons (Fsp3) is 0.500. The van der Waals surface area contributed by atoms with Gasteiger partial charge in [-0.25, -0.2) is 0 Å². The number of halogens is 1. The maximum absolute atomic E-state index is 8.90. The van der Waals surface area contributed by atoms with Crippen molar-refractivity contribution >= 4 is 11.6 Å². The van der Waals surface area contributed by atoms with Crippen molar-refractivity contribution in [3.8, 4) is 5.75 Å². The van der Waals surface area contributed by atoms with E-state index in [9.17, 15) is 0 Å². The van der Waals surface area contributed by atoms with Crippen LogP contribution in [0.5, 0.6) is 5.75 Å². The van der Waals surface area contributed by atoms with Crippen molar-refractivity contribution in [2.75, 3.05) is 6.61 Å². The second-order valence-electron chi connectivity index (χ2n) is 3.48. The van der Waals surface area contributed by atoms with E-state index in [4.69, 9.17) is 21.4 Å². The predicted molar refractivity (Wildman–Crippen MR) is 62.4 cm³/mol. The summed E-state index contributed by atoms with van der Waals surface area (Å²) in [7, 11) is 0. The number of benzene rings is 1. The molecule has 0 unspecified atom stereocenters. The van der Waals surface area contributed by atoms with E-state index < -0.39 is 0 Å². The molecule has 0 amide bonds. The van der Waals surface area contributed by atoms with Crippen LogP contribution in [0.1, 0.15) is 31.7 Å². The fourth-order valence-electron chi connectivity index (χ4n) is 1.29. The van der Waals surface area contributed by atoms with Gasteiger partial charge in [-0.15, -0.1) is 0 Å². The monoisotopic (exact) mass is 228 g/mol. The Labute approximate surface area is 95.8 Å². The highest BCUT2D eigenvalue weighted by molar-refractivity contribution is 6.32.